The Balaban J connectivity index is 2.04. The molecule has 1 N–H and O–H groups in total. The molecule has 100 valence electrons. The number of halogens is 1. The van der Waals surface area contributed by atoms with Gasteiger partial charge in [0.25, 0.3) is 0 Å². The van der Waals surface area contributed by atoms with Crippen LogP contribution in [0.5, 0.6) is 0 Å². The number of hydrogen-bond acceptors (Lipinski definition) is 3. The van der Waals surface area contributed by atoms with Crippen molar-refractivity contribution in [1.82, 2.24) is 5.32 Å². The molecular weight excluding hydrogens is 292 g/mol. The number of methoxy groups -OCH3 is 1. The molecule has 0 spiro atoms. The smallest absolute Gasteiger partial charge is 0.0762 e. The molecule has 1 aromatic rings. The van der Waals surface area contributed by atoms with Crippen molar-refractivity contribution in [2.24, 2.45) is 0 Å². The minimum atomic E-state index is 0.380. The van der Waals surface area contributed by atoms with Crippen molar-refractivity contribution in [3.8, 4) is 0 Å². The molecule has 0 radical (unpaired) electrons. The van der Waals surface area contributed by atoms with Crippen LogP contribution in [-0.4, -0.2) is 32.8 Å². The molecule has 1 aliphatic heterocycles. The Hall–Kier alpha value is -0.580. The first kappa shape index (κ1) is 13.8. The Kier molecular flexibility index (Phi) is 5.03. The van der Waals surface area contributed by atoms with E-state index in [1.807, 2.05) is 0 Å². The topological polar surface area (TPSA) is 24.5 Å². The lowest BCUT2D eigenvalue weighted by atomic mass is 10.2. The summed E-state index contributed by atoms with van der Waals surface area (Å²) in [5.74, 6) is 0. The van der Waals surface area contributed by atoms with E-state index in [-0.39, 0.29) is 0 Å². The Morgan fingerprint density at radius 2 is 2.33 bits per heavy atom. The molecule has 18 heavy (non-hydrogen) atoms. The lowest BCUT2D eigenvalue weighted by Gasteiger charge is -2.19. The van der Waals surface area contributed by atoms with Crippen LogP contribution in [0, 0.1) is 0 Å². The number of benzene rings is 1. The molecule has 1 heterocycles. The van der Waals surface area contributed by atoms with E-state index in [0.29, 0.717) is 6.10 Å². The van der Waals surface area contributed by atoms with Crippen LogP contribution in [0.4, 0.5) is 5.69 Å². The molecule has 1 unspecified atom stereocenters. The summed E-state index contributed by atoms with van der Waals surface area (Å²) in [7, 11) is 1.80. The third kappa shape index (κ3) is 3.25. The second-order valence-corrected chi connectivity index (χ2v) is 5.50. The number of nitrogens with one attached hydrogen (secondary N) is 1. The molecule has 0 saturated carbocycles. The van der Waals surface area contributed by atoms with Crippen molar-refractivity contribution in [1.29, 1.82) is 0 Å². The molecule has 1 aliphatic rings. The lowest BCUT2D eigenvalue weighted by Crippen LogP contribution is -2.22. The number of rotatable bonds is 5. The standard InChI is InChI=1S/C14H21BrN2O/c1-3-16-9-11-4-5-12(8-14(11)15)17-7-6-13(10-17)18-2/h4-5,8,13,16H,3,6-7,9-10H2,1-2H3. The van der Waals surface area contributed by atoms with E-state index in [2.05, 4.69) is 51.3 Å². The van der Waals surface area contributed by atoms with Gasteiger partial charge in [0.2, 0.25) is 0 Å². The highest BCUT2D eigenvalue weighted by molar-refractivity contribution is 9.10. The summed E-state index contributed by atoms with van der Waals surface area (Å²) in [6.07, 6.45) is 1.50. The maximum Gasteiger partial charge on any atom is 0.0762 e. The van der Waals surface area contributed by atoms with E-state index in [1.165, 1.54) is 15.7 Å². The zero-order valence-electron chi connectivity index (χ0n) is 11.1. The first-order valence-electron chi connectivity index (χ1n) is 6.51. The van der Waals surface area contributed by atoms with Crippen LogP contribution in [0.25, 0.3) is 0 Å². The average Bonchev–Trinajstić information content (AvgIpc) is 2.86. The molecule has 4 heteroatoms. The number of ether oxygens (including phenoxy) is 1. The van der Waals surface area contributed by atoms with Gasteiger partial charge in [-0.1, -0.05) is 28.9 Å². The predicted molar refractivity (Wildman–Crippen MR) is 79.1 cm³/mol. The van der Waals surface area contributed by atoms with Gasteiger partial charge in [0, 0.05) is 36.9 Å². The van der Waals surface area contributed by atoms with Gasteiger partial charge in [-0.3, -0.25) is 0 Å². The summed E-state index contributed by atoms with van der Waals surface area (Å²) in [4.78, 5) is 2.38. The zero-order valence-corrected chi connectivity index (χ0v) is 12.7. The van der Waals surface area contributed by atoms with Crippen molar-refractivity contribution in [2.45, 2.75) is 26.0 Å². The second kappa shape index (κ2) is 6.55. The maximum absolute atomic E-state index is 5.41. The van der Waals surface area contributed by atoms with Gasteiger partial charge in [-0.15, -0.1) is 0 Å². The average molecular weight is 313 g/mol. The van der Waals surface area contributed by atoms with Crippen LogP contribution < -0.4 is 10.2 Å². The van der Waals surface area contributed by atoms with E-state index in [0.717, 1.165) is 32.6 Å². The third-order valence-corrected chi connectivity index (χ3v) is 4.18. The van der Waals surface area contributed by atoms with E-state index in [9.17, 15) is 0 Å². The summed E-state index contributed by atoms with van der Waals surface area (Å²) < 4.78 is 6.59. The molecule has 1 saturated heterocycles. The Labute approximate surface area is 118 Å². The highest BCUT2D eigenvalue weighted by Crippen LogP contribution is 2.27. The van der Waals surface area contributed by atoms with Gasteiger partial charge in [-0.05, 0) is 30.7 Å². The van der Waals surface area contributed by atoms with Crippen molar-refractivity contribution in [2.75, 3.05) is 31.6 Å². The largest absolute Gasteiger partial charge is 0.380 e. The van der Waals surface area contributed by atoms with Gasteiger partial charge in [0.15, 0.2) is 0 Å². The summed E-state index contributed by atoms with van der Waals surface area (Å²) >= 11 is 3.66. The molecule has 0 aromatic heterocycles. The molecule has 3 nitrogen and oxygen atoms in total. The van der Waals surface area contributed by atoms with Gasteiger partial charge in [-0.25, -0.2) is 0 Å². The van der Waals surface area contributed by atoms with Crippen molar-refractivity contribution in [3.05, 3.63) is 28.2 Å². The summed E-state index contributed by atoms with van der Waals surface area (Å²) in [5, 5.41) is 3.35. The van der Waals surface area contributed by atoms with E-state index < -0.39 is 0 Å². The fraction of sp³-hybridized carbons (Fsp3) is 0.571. The predicted octanol–water partition coefficient (Wildman–Crippen LogP) is 2.78. The van der Waals surface area contributed by atoms with E-state index in [4.69, 9.17) is 4.74 Å². The van der Waals surface area contributed by atoms with Crippen LogP contribution in [-0.2, 0) is 11.3 Å². The SMILES string of the molecule is CCNCc1ccc(N2CCC(OC)C2)cc1Br. The first-order chi connectivity index (χ1) is 8.74. The fourth-order valence-electron chi connectivity index (χ4n) is 2.29. The molecule has 0 amide bonds. The molecule has 0 aliphatic carbocycles. The summed E-state index contributed by atoms with van der Waals surface area (Å²) in [5.41, 5.74) is 2.59. The highest BCUT2D eigenvalue weighted by Gasteiger charge is 2.22. The quantitative estimate of drug-likeness (QED) is 0.905. The van der Waals surface area contributed by atoms with Gasteiger partial charge < -0.3 is 15.0 Å². The van der Waals surface area contributed by atoms with Gasteiger partial charge in [0.05, 0.1) is 6.10 Å². The highest BCUT2D eigenvalue weighted by atomic mass is 79.9. The van der Waals surface area contributed by atoms with Gasteiger partial charge >= 0.3 is 0 Å². The molecule has 1 aromatic carbocycles. The van der Waals surface area contributed by atoms with Crippen molar-refractivity contribution >= 4 is 21.6 Å². The molecule has 1 fully saturated rings. The Bertz CT molecular complexity index is 397. The maximum atomic E-state index is 5.41. The number of nitrogens with zero attached hydrogens (tertiary/aromatic N) is 1. The van der Waals surface area contributed by atoms with Gasteiger partial charge in [0.1, 0.15) is 0 Å². The zero-order chi connectivity index (χ0) is 13.0. The van der Waals surface area contributed by atoms with Crippen LogP contribution in [0.1, 0.15) is 18.9 Å². The van der Waals surface area contributed by atoms with Crippen molar-refractivity contribution in [3.63, 3.8) is 0 Å². The number of hydrogen-bond donors (Lipinski definition) is 1. The molecule has 0 bridgehead atoms. The van der Waals surface area contributed by atoms with Crippen LogP contribution >= 0.6 is 15.9 Å². The molecular formula is C14H21BrN2O. The normalized spacial score (nSPS) is 19.5. The second-order valence-electron chi connectivity index (χ2n) is 4.65. The fourth-order valence-corrected chi connectivity index (χ4v) is 2.80. The van der Waals surface area contributed by atoms with Crippen LogP contribution in [0.15, 0.2) is 22.7 Å². The minimum Gasteiger partial charge on any atom is -0.380 e. The van der Waals surface area contributed by atoms with Crippen molar-refractivity contribution < 1.29 is 4.74 Å². The number of anilines is 1. The lowest BCUT2D eigenvalue weighted by molar-refractivity contribution is 0.121. The summed E-state index contributed by atoms with van der Waals surface area (Å²) in [6, 6.07) is 6.61. The van der Waals surface area contributed by atoms with E-state index in [1.54, 1.807) is 7.11 Å². The summed E-state index contributed by atoms with van der Waals surface area (Å²) in [6.45, 7) is 6.11. The molecule has 2 rings (SSSR count). The molecule has 1 atom stereocenters. The third-order valence-electron chi connectivity index (χ3n) is 3.45. The Morgan fingerprint density at radius 1 is 1.50 bits per heavy atom. The van der Waals surface area contributed by atoms with Gasteiger partial charge in [-0.2, -0.15) is 0 Å². The first-order valence-corrected chi connectivity index (χ1v) is 7.30. The van der Waals surface area contributed by atoms with Crippen LogP contribution in [0.3, 0.4) is 0 Å². The monoisotopic (exact) mass is 312 g/mol. The van der Waals surface area contributed by atoms with Crippen LogP contribution in [0.2, 0.25) is 0 Å². The Morgan fingerprint density at radius 3 is 2.94 bits per heavy atom. The van der Waals surface area contributed by atoms with E-state index >= 15 is 0 Å². The minimum absolute atomic E-state index is 0.380.